The van der Waals surface area contributed by atoms with Gasteiger partial charge < -0.3 is 15.2 Å². The van der Waals surface area contributed by atoms with Gasteiger partial charge in [-0.2, -0.15) is 0 Å². The van der Waals surface area contributed by atoms with E-state index in [2.05, 4.69) is 20.6 Å². The molecule has 0 unspecified atom stereocenters. The summed E-state index contributed by atoms with van der Waals surface area (Å²) in [5, 5.41) is 6.16. The Morgan fingerprint density at radius 3 is 2.62 bits per heavy atom. The van der Waals surface area contributed by atoms with Gasteiger partial charge in [0, 0.05) is 36.7 Å². The number of nitrogens with zero attached hydrogens (tertiary/aromatic N) is 3. The second-order valence-corrected chi connectivity index (χ2v) is 7.46. The summed E-state index contributed by atoms with van der Waals surface area (Å²) in [6.07, 6.45) is 5.99. The third-order valence-electron chi connectivity index (χ3n) is 4.33. The number of nitrogens with one attached hydrogen (secondary N) is 2. The van der Waals surface area contributed by atoms with Crippen LogP contribution in [0, 0.1) is 0 Å². The molecule has 2 amide bonds. The quantitative estimate of drug-likeness (QED) is 0.380. The van der Waals surface area contributed by atoms with Crippen LogP contribution in [0.25, 0.3) is 20.8 Å². The third kappa shape index (κ3) is 4.67. The molecule has 0 aliphatic rings. The number of anilines is 1. The van der Waals surface area contributed by atoms with E-state index in [4.69, 9.17) is 0 Å². The first-order chi connectivity index (χ1) is 14.2. The molecule has 146 valence electrons. The van der Waals surface area contributed by atoms with Gasteiger partial charge in [0.05, 0.1) is 16.5 Å². The first kappa shape index (κ1) is 18.8. The van der Waals surface area contributed by atoms with Crippen molar-refractivity contribution in [3.05, 3.63) is 67.3 Å². The van der Waals surface area contributed by atoms with Gasteiger partial charge in [0.1, 0.15) is 5.01 Å². The molecule has 7 nitrogen and oxygen atoms in total. The molecule has 0 fully saturated rings. The van der Waals surface area contributed by atoms with Crippen LogP contribution < -0.4 is 10.6 Å². The highest BCUT2D eigenvalue weighted by Crippen LogP contribution is 2.30. The lowest BCUT2D eigenvalue weighted by molar-refractivity contribution is -0.136. The number of benzene rings is 2. The molecular weight excluding hydrogens is 386 g/mol. The van der Waals surface area contributed by atoms with Gasteiger partial charge in [-0.3, -0.25) is 9.59 Å². The smallest absolute Gasteiger partial charge is 0.313 e. The minimum absolute atomic E-state index is 0.418. The number of hydrogen-bond acceptors (Lipinski definition) is 5. The van der Waals surface area contributed by atoms with E-state index in [1.807, 2.05) is 47.2 Å². The number of thiazole rings is 1. The number of imidazole rings is 1. The summed E-state index contributed by atoms with van der Waals surface area (Å²) < 4.78 is 3.05. The summed E-state index contributed by atoms with van der Waals surface area (Å²) in [6, 6.07) is 15.3. The second-order valence-electron chi connectivity index (χ2n) is 6.43. The van der Waals surface area contributed by atoms with Crippen LogP contribution in [0.5, 0.6) is 0 Å². The normalized spacial score (nSPS) is 10.8. The molecular formula is C21H19N5O2S. The lowest BCUT2D eigenvalue weighted by atomic mass is 10.2. The number of aryl methyl sites for hydroxylation is 1. The lowest BCUT2D eigenvalue weighted by Gasteiger charge is -2.07. The maximum absolute atomic E-state index is 12.1. The van der Waals surface area contributed by atoms with Crippen molar-refractivity contribution >= 4 is 39.1 Å². The molecule has 0 radical (unpaired) electrons. The minimum atomic E-state index is -0.680. The lowest BCUT2D eigenvalue weighted by Crippen LogP contribution is -2.36. The van der Waals surface area contributed by atoms with Crippen molar-refractivity contribution in [3.63, 3.8) is 0 Å². The van der Waals surface area contributed by atoms with Gasteiger partial charge in [-0.05, 0) is 42.8 Å². The Hall–Kier alpha value is -3.52. The number of carbonyl (C=O) groups excluding carboxylic acids is 2. The molecule has 0 aliphatic heterocycles. The highest BCUT2D eigenvalue weighted by molar-refractivity contribution is 7.21. The maximum Gasteiger partial charge on any atom is 0.313 e. The van der Waals surface area contributed by atoms with E-state index < -0.39 is 11.8 Å². The van der Waals surface area contributed by atoms with Gasteiger partial charge in [0.15, 0.2) is 0 Å². The zero-order chi connectivity index (χ0) is 20.1. The highest BCUT2D eigenvalue weighted by Gasteiger charge is 2.13. The van der Waals surface area contributed by atoms with Crippen LogP contribution in [0.4, 0.5) is 5.69 Å². The van der Waals surface area contributed by atoms with Crippen molar-refractivity contribution in [2.24, 2.45) is 0 Å². The standard InChI is InChI=1S/C21H19N5O2S/c27-19(23-10-3-12-26-13-11-22-14-26)20(28)24-16-8-6-15(7-9-16)21-25-17-4-1-2-5-18(17)29-21/h1-2,4-9,11,13-14H,3,10,12H2,(H,23,27)(H,24,28). The summed E-state index contributed by atoms with van der Waals surface area (Å²) in [5.74, 6) is -1.33. The first-order valence-electron chi connectivity index (χ1n) is 9.20. The molecule has 0 spiro atoms. The van der Waals surface area contributed by atoms with Crippen molar-refractivity contribution in [2.45, 2.75) is 13.0 Å². The average molecular weight is 405 g/mol. The molecule has 8 heteroatoms. The fraction of sp³-hybridized carbons (Fsp3) is 0.143. The van der Waals surface area contributed by atoms with Gasteiger partial charge in [-0.1, -0.05) is 12.1 Å². The van der Waals surface area contributed by atoms with Gasteiger partial charge >= 0.3 is 11.8 Å². The zero-order valence-electron chi connectivity index (χ0n) is 15.5. The Balaban J connectivity index is 1.29. The number of aromatic nitrogens is 3. The Kier molecular flexibility index (Phi) is 5.62. The van der Waals surface area contributed by atoms with Crippen LogP contribution in [0.1, 0.15) is 6.42 Å². The summed E-state index contributed by atoms with van der Waals surface area (Å²) in [4.78, 5) is 32.6. The highest BCUT2D eigenvalue weighted by atomic mass is 32.1. The maximum atomic E-state index is 12.1. The van der Waals surface area contributed by atoms with Crippen LogP contribution >= 0.6 is 11.3 Å². The number of carbonyl (C=O) groups is 2. The Morgan fingerprint density at radius 1 is 1.03 bits per heavy atom. The minimum Gasteiger partial charge on any atom is -0.348 e. The van der Waals surface area contributed by atoms with E-state index >= 15 is 0 Å². The van der Waals surface area contributed by atoms with Crippen LogP contribution in [0.15, 0.2) is 67.3 Å². The van der Waals surface area contributed by atoms with Crippen molar-refractivity contribution in [3.8, 4) is 10.6 Å². The summed E-state index contributed by atoms with van der Waals surface area (Å²) in [5.41, 5.74) is 2.50. The Labute approximate surface area is 171 Å². The molecule has 29 heavy (non-hydrogen) atoms. The topological polar surface area (TPSA) is 88.9 Å². The number of hydrogen-bond donors (Lipinski definition) is 2. The Bertz CT molecular complexity index is 1090. The zero-order valence-corrected chi connectivity index (χ0v) is 16.4. The van der Waals surface area contributed by atoms with Gasteiger partial charge in [-0.15, -0.1) is 11.3 Å². The second kappa shape index (κ2) is 8.66. The molecule has 0 atom stereocenters. The molecule has 2 heterocycles. The predicted molar refractivity (Wildman–Crippen MR) is 114 cm³/mol. The molecule has 4 rings (SSSR count). The van der Waals surface area contributed by atoms with E-state index in [-0.39, 0.29) is 0 Å². The number of fused-ring (bicyclic) bond motifs is 1. The van der Waals surface area contributed by atoms with Crippen molar-refractivity contribution in [1.82, 2.24) is 19.9 Å². The number of para-hydroxylation sites is 1. The van der Waals surface area contributed by atoms with Crippen molar-refractivity contribution in [1.29, 1.82) is 0 Å². The third-order valence-corrected chi connectivity index (χ3v) is 5.41. The van der Waals surface area contributed by atoms with Crippen LogP contribution in [-0.2, 0) is 16.1 Å². The largest absolute Gasteiger partial charge is 0.348 e. The van der Waals surface area contributed by atoms with Gasteiger partial charge in [0.25, 0.3) is 0 Å². The van der Waals surface area contributed by atoms with E-state index in [1.54, 1.807) is 36.0 Å². The molecule has 4 aromatic rings. The summed E-state index contributed by atoms with van der Waals surface area (Å²) in [7, 11) is 0. The van der Waals surface area contributed by atoms with Crippen LogP contribution in [0.3, 0.4) is 0 Å². The van der Waals surface area contributed by atoms with E-state index in [0.29, 0.717) is 18.7 Å². The molecule has 0 bridgehead atoms. The Morgan fingerprint density at radius 2 is 1.86 bits per heavy atom. The van der Waals surface area contributed by atoms with E-state index in [9.17, 15) is 9.59 Å². The van der Waals surface area contributed by atoms with E-state index in [0.717, 1.165) is 27.3 Å². The van der Waals surface area contributed by atoms with Gasteiger partial charge in [0.2, 0.25) is 0 Å². The summed E-state index contributed by atoms with van der Waals surface area (Å²) >= 11 is 1.62. The average Bonchev–Trinajstić information content (AvgIpc) is 3.41. The van der Waals surface area contributed by atoms with Crippen LogP contribution in [0.2, 0.25) is 0 Å². The number of amides is 2. The fourth-order valence-corrected chi connectivity index (χ4v) is 3.81. The van der Waals surface area contributed by atoms with E-state index in [1.165, 1.54) is 0 Å². The SMILES string of the molecule is O=C(NCCCn1ccnc1)C(=O)Nc1ccc(-c2nc3ccccc3s2)cc1. The fourth-order valence-electron chi connectivity index (χ4n) is 2.84. The van der Waals surface area contributed by atoms with Gasteiger partial charge in [-0.25, -0.2) is 9.97 Å². The van der Waals surface area contributed by atoms with Crippen molar-refractivity contribution in [2.75, 3.05) is 11.9 Å². The first-order valence-corrected chi connectivity index (χ1v) is 10.0. The molecule has 0 saturated heterocycles. The predicted octanol–water partition coefficient (Wildman–Crippen LogP) is 3.30. The molecule has 2 aromatic carbocycles. The molecule has 2 aromatic heterocycles. The molecule has 2 N–H and O–H groups in total. The summed E-state index contributed by atoms with van der Waals surface area (Å²) in [6.45, 7) is 1.15. The molecule has 0 aliphatic carbocycles. The molecule has 0 saturated carbocycles. The van der Waals surface area contributed by atoms with Crippen LogP contribution in [-0.4, -0.2) is 32.9 Å². The van der Waals surface area contributed by atoms with Crippen molar-refractivity contribution < 1.29 is 9.59 Å². The number of rotatable bonds is 6. The monoisotopic (exact) mass is 405 g/mol.